The highest BCUT2D eigenvalue weighted by Crippen LogP contribution is 2.40. The molecule has 2 aromatic heterocycles. The third kappa shape index (κ3) is 3.94. The molecule has 1 aliphatic rings. The van der Waals surface area contributed by atoms with Gasteiger partial charge in [0.25, 0.3) is 0 Å². The highest BCUT2D eigenvalue weighted by Gasteiger charge is 2.26. The van der Waals surface area contributed by atoms with Gasteiger partial charge in [-0.05, 0) is 38.2 Å². The van der Waals surface area contributed by atoms with Crippen molar-refractivity contribution in [2.45, 2.75) is 39.5 Å². The average Bonchev–Trinajstić information content (AvgIpc) is 3.12. The molecule has 26 heavy (non-hydrogen) atoms. The van der Waals surface area contributed by atoms with E-state index in [0.29, 0.717) is 27.2 Å². The summed E-state index contributed by atoms with van der Waals surface area (Å²) in [6, 6.07) is 0. The van der Waals surface area contributed by atoms with Gasteiger partial charge in [-0.1, -0.05) is 11.3 Å². The molecule has 2 N–H and O–H groups in total. The summed E-state index contributed by atoms with van der Waals surface area (Å²) in [5, 5.41) is 13.3. The highest BCUT2D eigenvalue weighted by atomic mass is 32.1. The Hall–Kier alpha value is -2.26. The number of nitrogens with one attached hydrogen (secondary N) is 1. The first-order chi connectivity index (χ1) is 12.5. The molecule has 7 nitrogen and oxygen atoms in total. The van der Waals surface area contributed by atoms with Crippen molar-refractivity contribution in [3.05, 3.63) is 20.9 Å². The minimum absolute atomic E-state index is 0.207. The van der Waals surface area contributed by atoms with Crippen molar-refractivity contribution in [3.8, 4) is 5.88 Å². The van der Waals surface area contributed by atoms with E-state index in [0.717, 1.165) is 42.6 Å². The van der Waals surface area contributed by atoms with Crippen LogP contribution >= 0.6 is 22.7 Å². The number of ether oxygens (including phenoxy) is 1. The van der Waals surface area contributed by atoms with Gasteiger partial charge in [0.2, 0.25) is 11.8 Å². The molecule has 0 aromatic carbocycles. The number of aromatic hydroxyl groups is 1. The van der Waals surface area contributed by atoms with Crippen LogP contribution in [0.4, 0.5) is 10.1 Å². The van der Waals surface area contributed by atoms with Gasteiger partial charge >= 0.3 is 5.97 Å². The lowest BCUT2D eigenvalue weighted by Crippen LogP contribution is -2.09. The van der Waals surface area contributed by atoms with Crippen LogP contribution in [0, 0.1) is 0 Å². The Bertz CT molecular complexity index is 870. The Morgan fingerprint density at radius 3 is 2.85 bits per heavy atom. The summed E-state index contributed by atoms with van der Waals surface area (Å²) >= 11 is 2.61. The van der Waals surface area contributed by atoms with E-state index >= 15 is 0 Å². The minimum Gasteiger partial charge on any atom is -0.492 e. The van der Waals surface area contributed by atoms with E-state index in [1.54, 1.807) is 6.92 Å². The molecule has 0 aliphatic heterocycles. The van der Waals surface area contributed by atoms with Crippen LogP contribution in [0.15, 0.2) is 4.99 Å². The number of carbonyl (C=O) groups excluding carboxylic acids is 2. The summed E-state index contributed by atoms with van der Waals surface area (Å²) in [6.45, 7) is 3.45. The molecule has 2 heterocycles. The van der Waals surface area contributed by atoms with Crippen LogP contribution in [0.25, 0.3) is 0 Å². The molecule has 0 saturated carbocycles. The van der Waals surface area contributed by atoms with Gasteiger partial charge in [0.1, 0.15) is 9.88 Å². The fraction of sp³-hybridized carbons (Fsp3) is 0.412. The van der Waals surface area contributed by atoms with Crippen molar-refractivity contribution in [2.24, 2.45) is 4.99 Å². The monoisotopic (exact) mass is 393 g/mol. The van der Waals surface area contributed by atoms with Gasteiger partial charge in [-0.3, -0.25) is 4.79 Å². The van der Waals surface area contributed by atoms with Gasteiger partial charge in [0.15, 0.2) is 5.13 Å². The van der Waals surface area contributed by atoms with Crippen LogP contribution in [0.3, 0.4) is 0 Å². The van der Waals surface area contributed by atoms with E-state index in [-0.39, 0.29) is 17.8 Å². The predicted molar refractivity (Wildman–Crippen MR) is 102 cm³/mol. The predicted octanol–water partition coefficient (Wildman–Crippen LogP) is 3.67. The van der Waals surface area contributed by atoms with Crippen LogP contribution in [-0.2, 0) is 22.4 Å². The van der Waals surface area contributed by atoms with Crippen LogP contribution in [0.5, 0.6) is 5.88 Å². The first kappa shape index (κ1) is 18.5. The number of amides is 1. The quantitative estimate of drug-likeness (QED) is 0.596. The number of anilines is 1. The lowest BCUT2D eigenvalue weighted by Gasteiger charge is -2.11. The fourth-order valence-corrected chi connectivity index (χ4v) is 4.78. The largest absolute Gasteiger partial charge is 0.492 e. The van der Waals surface area contributed by atoms with Gasteiger partial charge in [0.05, 0.1) is 18.4 Å². The molecular formula is C17H19N3O4S2. The third-order valence-electron chi connectivity index (χ3n) is 3.85. The van der Waals surface area contributed by atoms with Gasteiger partial charge in [-0.15, -0.1) is 11.3 Å². The third-order valence-corrected chi connectivity index (χ3v) is 5.94. The Kier molecular flexibility index (Phi) is 5.67. The zero-order valence-electron chi connectivity index (χ0n) is 14.5. The maximum atomic E-state index is 12.4. The molecule has 1 amide bonds. The Morgan fingerprint density at radius 1 is 1.35 bits per heavy atom. The summed E-state index contributed by atoms with van der Waals surface area (Å²) in [6.07, 6.45) is 5.43. The smallest absolute Gasteiger partial charge is 0.341 e. The summed E-state index contributed by atoms with van der Waals surface area (Å²) in [5.41, 5.74) is 1.58. The van der Waals surface area contributed by atoms with Gasteiger partial charge in [-0.25, -0.2) is 9.79 Å². The maximum Gasteiger partial charge on any atom is 0.341 e. The molecule has 3 rings (SSSR count). The SMILES string of the molecule is CCOC(=O)c1c(/N=C/c2sc(NC(C)=O)nc2O)sc2c1CCCC2. The van der Waals surface area contributed by atoms with Gasteiger partial charge in [-0.2, -0.15) is 4.98 Å². The summed E-state index contributed by atoms with van der Waals surface area (Å²) in [5.74, 6) is -0.828. The molecule has 0 saturated heterocycles. The molecule has 0 atom stereocenters. The zero-order chi connectivity index (χ0) is 18.7. The van der Waals surface area contributed by atoms with Crippen molar-refractivity contribution in [1.29, 1.82) is 0 Å². The van der Waals surface area contributed by atoms with Crippen molar-refractivity contribution < 1.29 is 19.4 Å². The number of aromatic nitrogens is 1. The van der Waals surface area contributed by atoms with Crippen molar-refractivity contribution in [1.82, 2.24) is 4.98 Å². The molecular weight excluding hydrogens is 374 g/mol. The lowest BCUT2D eigenvalue weighted by atomic mass is 9.95. The second-order valence-corrected chi connectivity index (χ2v) is 7.87. The molecule has 0 unspecified atom stereocenters. The normalized spacial score (nSPS) is 13.6. The molecule has 9 heteroatoms. The number of esters is 1. The van der Waals surface area contributed by atoms with E-state index in [4.69, 9.17) is 4.74 Å². The number of hydrogen-bond donors (Lipinski definition) is 2. The van der Waals surface area contributed by atoms with E-state index < -0.39 is 0 Å². The maximum absolute atomic E-state index is 12.4. The number of hydrogen-bond acceptors (Lipinski definition) is 8. The minimum atomic E-state index is -0.355. The van der Waals surface area contributed by atoms with Crippen LogP contribution in [0.1, 0.15) is 52.4 Å². The van der Waals surface area contributed by atoms with Crippen LogP contribution < -0.4 is 5.32 Å². The first-order valence-electron chi connectivity index (χ1n) is 8.32. The van der Waals surface area contributed by atoms with Crippen molar-refractivity contribution >= 4 is 50.9 Å². The van der Waals surface area contributed by atoms with E-state index in [1.807, 2.05) is 0 Å². The van der Waals surface area contributed by atoms with Gasteiger partial charge in [0, 0.05) is 11.8 Å². The number of carbonyl (C=O) groups is 2. The van der Waals surface area contributed by atoms with Gasteiger partial charge < -0.3 is 15.2 Å². The second kappa shape index (κ2) is 7.96. The zero-order valence-corrected chi connectivity index (χ0v) is 16.1. The van der Waals surface area contributed by atoms with Crippen LogP contribution in [0.2, 0.25) is 0 Å². The number of aryl methyl sites for hydroxylation is 1. The number of nitrogens with zero attached hydrogens (tertiary/aromatic N) is 2. The number of rotatable bonds is 5. The number of fused-ring (bicyclic) bond motifs is 1. The number of thiophene rings is 1. The molecule has 138 valence electrons. The number of aliphatic imine (C=N–C) groups is 1. The van der Waals surface area contributed by atoms with Crippen LogP contribution in [-0.4, -0.2) is 34.8 Å². The molecule has 2 aromatic rings. The first-order valence-corrected chi connectivity index (χ1v) is 9.96. The summed E-state index contributed by atoms with van der Waals surface area (Å²) < 4.78 is 5.20. The molecule has 0 fully saturated rings. The Morgan fingerprint density at radius 2 is 2.12 bits per heavy atom. The van der Waals surface area contributed by atoms with E-state index in [9.17, 15) is 14.7 Å². The average molecular weight is 393 g/mol. The van der Waals surface area contributed by atoms with Crippen molar-refractivity contribution in [2.75, 3.05) is 11.9 Å². The van der Waals surface area contributed by atoms with E-state index in [2.05, 4.69) is 15.3 Å². The van der Waals surface area contributed by atoms with Crippen molar-refractivity contribution in [3.63, 3.8) is 0 Å². The Balaban J connectivity index is 1.93. The fourth-order valence-electron chi connectivity index (χ4n) is 2.79. The molecule has 0 spiro atoms. The Labute approximate surface area is 158 Å². The summed E-state index contributed by atoms with van der Waals surface area (Å²) in [4.78, 5) is 33.4. The highest BCUT2D eigenvalue weighted by molar-refractivity contribution is 7.18. The standard InChI is InChI=1S/C17H19N3O4S2/c1-3-24-16(23)13-10-6-4-5-7-11(10)25-15(13)18-8-12-14(22)20-17(26-12)19-9(2)21/h8,22H,3-7H2,1-2H3,(H,19,20,21)/b18-8+. The molecule has 1 aliphatic carbocycles. The lowest BCUT2D eigenvalue weighted by molar-refractivity contribution is -0.114. The van der Waals surface area contributed by atoms with E-state index in [1.165, 1.54) is 29.4 Å². The molecule has 0 radical (unpaired) electrons. The topological polar surface area (TPSA) is 101 Å². The molecule has 0 bridgehead atoms. The summed E-state index contributed by atoms with van der Waals surface area (Å²) in [7, 11) is 0. The second-order valence-electron chi connectivity index (χ2n) is 5.76. The number of thiazole rings is 1.